The Kier molecular flexibility index (Phi) is 2.98. The summed E-state index contributed by atoms with van der Waals surface area (Å²) < 4.78 is 6.16. The minimum Gasteiger partial charge on any atom is -0.493 e. The molecule has 1 aliphatic heterocycles. The Hall–Kier alpha value is -0.720. The summed E-state index contributed by atoms with van der Waals surface area (Å²) in [6.07, 6.45) is 20.4. The number of ether oxygens (including phenoxy) is 1. The Morgan fingerprint density at radius 1 is 0.857 bits per heavy atom. The van der Waals surface area contributed by atoms with Crippen LogP contribution >= 0.6 is 0 Å². The number of hydrogen-bond acceptors (Lipinski definition) is 1. The first-order chi connectivity index (χ1) is 10.4. The molecule has 4 fully saturated rings. The summed E-state index contributed by atoms with van der Waals surface area (Å²) in [7, 11) is 0. The Bertz CT molecular complexity index is 476. The SMILES string of the molecule is C1=COC2C(=C1)C1CC3CCCCC3C1C1CCCCC21. The molecule has 5 rings (SSSR count). The third-order valence-corrected chi connectivity index (χ3v) is 7.59. The van der Waals surface area contributed by atoms with Crippen LogP contribution in [0, 0.1) is 35.5 Å². The molecule has 114 valence electrons. The van der Waals surface area contributed by atoms with E-state index in [0.717, 1.165) is 35.5 Å². The molecule has 1 heterocycles. The van der Waals surface area contributed by atoms with Gasteiger partial charge in [-0.3, -0.25) is 0 Å². The van der Waals surface area contributed by atoms with Gasteiger partial charge in [-0.1, -0.05) is 38.2 Å². The van der Waals surface area contributed by atoms with Gasteiger partial charge in [0.2, 0.25) is 0 Å². The fraction of sp³-hybridized carbons (Fsp3) is 0.800. The van der Waals surface area contributed by atoms with Gasteiger partial charge in [-0.2, -0.15) is 0 Å². The van der Waals surface area contributed by atoms with Crippen molar-refractivity contribution in [3.8, 4) is 0 Å². The van der Waals surface area contributed by atoms with Gasteiger partial charge in [0.1, 0.15) is 6.10 Å². The Morgan fingerprint density at radius 2 is 1.62 bits per heavy atom. The lowest BCUT2D eigenvalue weighted by Crippen LogP contribution is -2.47. The van der Waals surface area contributed by atoms with Gasteiger partial charge >= 0.3 is 0 Å². The van der Waals surface area contributed by atoms with Crippen molar-refractivity contribution in [3.05, 3.63) is 24.0 Å². The van der Waals surface area contributed by atoms with Gasteiger partial charge in [0.05, 0.1) is 6.26 Å². The molecule has 0 amide bonds. The summed E-state index contributed by atoms with van der Waals surface area (Å²) in [6.45, 7) is 0. The summed E-state index contributed by atoms with van der Waals surface area (Å²) >= 11 is 0. The van der Waals surface area contributed by atoms with E-state index in [1.165, 1.54) is 57.8 Å². The maximum atomic E-state index is 6.16. The second-order valence-corrected chi connectivity index (χ2v) is 8.29. The quantitative estimate of drug-likeness (QED) is 0.602. The molecular weight excluding hydrogens is 256 g/mol. The molecule has 1 heteroatoms. The molecular formula is C20H28O. The lowest BCUT2D eigenvalue weighted by Gasteiger charge is -2.51. The van der Waals surface area contributed by atoms with Crippen molar-refractivity contribution in [1.29, 1.82) is 0 Å². The van der Waals surface area contributed by atoms with Gasteiger partial charge in [0, 0.05) is 5.92 Å². The summed E-state index contributed by atoms with van der Waals surface area (Å²) in [5.41, 5.74) is 1.69. The third kappa shape index (κ3) is 1.82. The largest absolute Gasteiger partial charge is 0.493 e. The monoisotopic (exact) mass is 284 g/mol. The molecule has 0 N–H and O–H groups in total. The van der Waals surface area contributed by atoms with E-state index in [2.05, 4.69) is 12.2 Å². The summed E-state index contributed by atoms with van der Waals surface area (Å²) in [5.74, 6) is 5.79. The van der Waals surface area contributed by atoms with Crippen LogP contribution in [0.1, 0.15) is 57.8 Å². The van der Waals surface area contributed by atoms with Crippen molar-refractivity contribution < 1.29 is 4.74 Å². The second-order valence-electron chi connectivity index (χ2n) is 8.29. The van der Waals surface area contributed by atoms with E-state index in [1.807, 2.05) is 6.26 Å². The Labute approximate surface area is 128 Å². The van der Waals surface area contributed by atoms with E-state index in [0.29, 0.717) is 6.10 Å². The van der Waals surface area contributed by atoms with Crippen LogP contribution in [0.25, 0.3) is 0 Å². The van der Waals surface area contributed by atoms with Crippen molar-refractivity contribution in [1.82, 2.24) is 0 Å². The smallest absolute Gasteiger partial charge is 0.122 e. The molecule has 7 unspecified atom stereocenters. The van der Waals surface area contributed by atoms with Crippen LogP contribution < -0.4 is 0 Å². The zero-order chi connectivity index (χ0) is 13.8. The molecule has 1 nitrogen and oxygen atoms in total. The van der Waals surface area contributed by atoms with E-state index >= 15 is 0 Å². The van der Waals surface area contributed by atoms with Gasteiger partial charge in [-0.05, 0) is 66.9 Å². The van der Waals surface area contributed by atoms with Gasteiger partial charge in [0.25, 0.3) is 0 Å². The number of hydrogen-bond donors (Lipinski definition) is 0. The van der Waals surface area contributed by atoms with Gasteiger partial charge in [-0.25, -0.2) is 0 Å². The first-order valence-electron chi connectivity index (χ1n) is 9.45. The lowest BCUT2D eigenvalue weighted by molar-refractivity contribution is -0.0255. The fourth-order valence-electron chi connectivity index (χ4n) is 6.97. The Morgan fingerprint density at radius 3 is 2.52 bits per heavy atom. The van der Waals surface area contributed by atoms with E-state index in [4.69, 9.17) is 4.74 Å². The molecule has 0 spiro atoms. The highest BCUT2D eigenvalue weighted by molar-refractivity contribution is 5.29. The highest BCUT2D eigenvalue weighted by Gasteiger charge is 2.56. The van der Waals surface area contributed by atoms with Crippen molar-refractivity contribution in [2.24, 2.45) is 35.5 Å². The predicted octanol–water partition coefficient (Wildman–Crippen LogP) is 5.09. The zero-order valence-corrected chi connectivity index (χ0v) is 13.0. The van der Waals surface area contributed by atoms with Crippen LogP contribution in [0.15, 0.2) is 24.0 Å². The first-order valence-corrected chi connectivity index (χ1v) is 9.45. The maximum Gasteiger partial charge on any atom is 0.122 e. The molecule has 0 aromatic carbocycles. The summed E-state index contributed by atoms with van der Waals surface area (Å²) in [5, 5.41) is 0. The van der Waals surface area contributed by atoms with Crippen molar-refractivity contribution in [3.63, 3.8) is 0 Å². The average Bonchev–Trinajstić information content (AvgIpc) is 2.95. The molecule has 0 aromatic heterocycles. The van der Waals surface area contributed by atoms with Gasteiger partial charge in [0.15, 0.2) is 0 Å². The average molecular weight is 284 g/mol. The minimum atomic E-state index is 0.446. The van der Waals surface area contributed by atoms with Crippen LogP contribution in [-0.2, 0) is 4.74 Å². The van der Waals surface area contributed by atoms with Gasteiger partial charge in [-0.15, -0.1) is 0 Å². The number of allylic oxidation sites excluding steroid dienone is 2. The van der Waals surface area contributed by atoms with E-state index < -0.39 is 0 Å². The Balaban J connectivity index is 1.56. The van der Waals surface area contributed by atoms with Crippen molar-refractivity contribution >= 4 is 0 Å². The van der Waals surface area contributed by atoms with Crippen molar-refractivity contribution in [2.75, 3.05) is 0 Å². The fourth-order valence-corrected chi connectivity index (χ4v) is 6.97. The van der Waals surface area contributed by atoms with Crippen molar-refractivity contribution in [2.45, 2.75) is 63.9 Å². The molecule has 0 saturated heterocycles. The topological polar surface area (TPSA) is 9.23 Å². The minimum absolute atomic E-state index is 0.446. The highest BCUT2D eigenvalue weighted by atomic mass is 16.5. The molecule has 7 atom stereocenters. The molecule has 21 heavy (non-hydrogen) atoms. The van der Waals surface area contributed by atoms with Crippen LogP contribution in [0.5, 0.6) is 0 Å². The van der Waals surface area contributed by atoms with Gasteiger partial charge < -0.3 is 4.74 Å². The van der Waals surface area contributed by atoms with E-state index in [-0.39, 0.29) is 0 Å². The van der Waals surface area contributed by atoms with Crippen LogP contribution in [0.3, 0.4) is 0 Å². The summed E-state index contributed by atoms with van der Waals surface area (Å²) in [6, 6.07) is 0. The summed E-state index contributed by atoms with van der Waals surface area (Å²) in [4.78, 5) is 0. The van der Waals surface area contributed by atoms with Crippen LogP contribution in [0.4, 0.5) is 0 Å². The normalized spacial score (nSPS) is 51.0. The molecule has 0 radical (unpaired) electrons. The highest BCUT2D eigenvalue weighted by Crippen LogP contribution is 2.62. The number of rotatable bonds is 0. The molecule has 0 bridgehead atoms. The standard InChI is InChI=1S/C20H28O/c1-2-7-14-13(6-1)12-18-17-10-5-11-21-20(17)16-9-4-3-8-15(16)19(14)18/h5,10-11,13-16,18-20H,1-4,6-9,12H2. The van der Waals surface area contributed by atoms with E-state index in [1.54, 1.807) is 5.57 Å². The molecule has 4 aliphatic carbocycles. The van der Waals surface area contributed by atoms with Crippen LogP contribution in [-0.4, -0.2) is 6.10 Å². The van der Waals surface area contributed by atoms with Crippen LogP contribution in [0.2, 0.25) is 0 Å². The third-order valence-electron chi connectivity index (χ3n) is 7.59. The molecule has 0 aromatic rings. The molecule has 4 saturated carbocycles. The lowest BCUT2D eigenvalue weighted by atomic mass is 9.57. The first kappa shape index (κ1) is 12.8. The second kappa shape index (κ2) is 4.89. The number of fused-ring (bicyclic) bond motifs is 8. The van der Waals surface area contributed by atoms with E-state index in [9.17, 15) is 0 Å². The molecule has 5 aliphatic rings. The maximum absolute atomic E-state index is 6.16. The zero-order valence-electron chi connectivity index (χ0n) is 13.0. The predicted molar refractivity (Wildman–Crippen MR) is 84.6 cm³/mol.